The van der Waals surface area contributed by atoms with Gasteiger partial charge in [0.1, 0.15) is 5.02 Å². The van der Waals surface area contributed by atoms with Gasteiger partial charge in [-0.25, -0.2) is 0 Å². The number of nitro benzene ring substituents is 1. The molecule has 0 radical (unpaired) electrons. The third-order valence-electron chi connectivity index (χ3n) is 2.39. The van der Waals surface area contributed by atoms with Gasteiger partial charge in [0.2, 0.25) is 0 Å². The van der Waals surface area contributed by atoms with Gasteiger partial charge in [-0.1, -0.05) is 29.8 Å². The first-order valence-corrected chi connectivity index (χ1v) is 5.88. The summed E-state index contributed by atoms with van der Waals surface area (Å²) in [7, 11) is 0. The van der Waals surface area contributed by atoms with Crippen molar-refractivity contribution in [2.45, 2.75) is 0 Å². The Morgan fingerprint density at radius 2 is 1.80 bits per heavy atom. The molecule has 0 saturated carbocycles. The Balaban J connectivity index is 2.19. The monoisotopic (exact) mass is 292 g/mol. The smallest absolute Gasteiger partial charge is 0.292 e. The second kappa shape index (κ2) is 5.98. The van der Waals surface area contributed by atoms with Crippen LogP contribution in [0.15, 0.2) is 53.8 Å². The molecule has 7 nitrogen and oxygen atoms in total. The van der Waals surface area contributed by atoms with Crippen molar-refractivity contribution in [3.63, 3.8) is 0 Å². The van der Waals surface area contributed by atoms with Gasteiger partial charge in [-0.3, -0.25) is 10.1 Å². The van der Waals surface area contributed by atoms with Crippen LogP contribution in [0.1, 0.15) is 0 Å². The van der Waals surface area contributed by atoms with E-state index in [0.29, 0.717) is 10.5 Å². The fraction of sp³-hybridized carbons (Fsp3) is 0. The number of anilines is 1. The molecule has 2 aromatic rings. The minimum absolute atomic E-state index is 0.0163. The predicted octanol–water partition coefficient (Wildman–Crippen LogP) is 3.87. The van der Waals surface area contributed by atoms with Gasteiger partial charge in [-0.15, -0.1) is 10.3 Å². The van der Waals surface area contributed by atoms with Crippen molar-refractivity contribution >= 4 is 28.7 Å². The second-order valence-electron chi connectivity index (χ2n) is 3.74. The fourth-order valence-electron chi connectivity index (χ4n) is 1.44. The van der Waals surface area contributed by atoms with Gasteiger partial charge >= 0.3 is 0 Å². The summed E-state index contributed by atoms with van der Waals surface area (Å²) in [5.74, 6) is 0. The molecule has 1 N–H and O–H groups in total. The van der Waals surface area contributed by atoms with Crippen molar-refractivity contribution in [3.8, 4) is 0 Å². The summed E-state index contributed by atoms with van der Waals surface area (Å²) in [6, 6.07) is 12.4. The summed E-state index contributed by atoms with van der Waals surface area (Å²) in [6.45, 7) is 0. The van der Waals surface area contributed by atoms with Crippen LogP contribution in [0.25, 0.3) is 0 Å². The van der Waals surface area contributed by atoms with Crippen LogP contribution in [0.3, 0.4) is 0 Å². The molecule has 2 aromatic carbocycles. The van der Waals surface area contributed by atoms with Crippen LogP contribution < -0.4 is 5.43 Å². The molecule has 0 saturated heterocycles. The van der Waals surface area contributed by atoms with E-state index in [1.165, 1.54) is 18.2 Å². The molecule has 0 bridgehead atoms. The highest BCUT2D eigenvalue weighted by molar-refractivity contribution is 6.32. The predicted molar refractivity (Wildman–Crippen MR) is 73.9 cm³/mol. The lowest BCUT2D eigenvalue weighted by atomic mass is 10.3. The molecule has 0 aliphatic rings. The lowest BCUT2D eigenvalue weighted by Crippen LogP contribution is -1.98. The lowest BCUT2D eigenvalue weighted by molar-refractivity contribution is -0.439. The molecule has 0 spiro atoms. The molecular formula is C12H9ClN4O3. The molecule has 2 rings (SSSR count). The van der Waals surface area contributed by atoms with Crippen molar-refractivity contribution in [1.82, 2.24) is 0 Å². The standard InChI is InChI=1S/C12H9ClN4O3/c13-11-7-6-9(8-12(11)17(19)20)14-15-16(18)10-4-2-1-3-5-10/h1-8,14H. The van der Waals surface area contributed by atoms with E-state index in [2.05, 4.69) is 10.6 Å². The maximum absolute atomic E-state index is 11.6. The number of hydrogen-bond donors (Lipinski definition) is 1. The zero-order valence-corrected chi connectivity index (χ0v) is 10.8. The normalized spacial score (nSPS) is 11.2. The van der Waals surface area contributed by atoms with E-state index >= 15 is 0 Å². The zero-order chi connectivity index (χ0) is 14.5. The van der Waals surface area contributed by atoms with Gasteiger partial charge in [-0.2, -0.15) is 0 Å². The zero-order valence-electron chi connectivity index (χ0n) is 10.1. The Labute approximate surface area is 118 Å². The molecule has 0 aromatic heterocycles. The molecule has 0 amide bonds. The number of para-hydroxylation sites is 1. The van der Waals surface area contributed by atoms with Crippen LogP contribution in [0.5, 0.6) is 0 Å². The second-order valence-corrected chi connectivity index (χ2v) is 4.15. The van der Waals surface area contributed by atoms with Gasteiger partial charge in [0.15, 0.2) is 11.4 Å². The van der Waals surface area contributed by atoms with Crippen molar-refractivity contribution in [3.05, 3.63) is 68.9 Å². The van der Waals surface area contributed by atoms with E-state index < -0.39 is 4.92 Å². The van der Waals surface area contributed by atoms with Crippen LogP contribution in [-0.2, 0) is 0 Å². The van der Waals surface area contributed by atoms with Crippen LogP contribution in [0.2, 0.25) is 5.02 Å². The summed E-state index contributed by atoms with van der Waals surface area (Å²) in [6.07, 6.45) is 0. The molecule has 0 atom stereocenters. The number of rotatable bonds is 4. The Morgan fingerprint density at radius 3 is 2.45 bits per heavy atom. The highest BCUT2D eigenvalue weighted by Gasteiger charge is 2.14. The minimum atomic E-state index is -0.611. The van der Waals surface area contributed by atoms with Crippen LogP contribution in [0, 0.1) is 15.3 Å². The van der Waals surface area contributed by atoms with Gasteiger partial charge < -0.3 is 5.21 Å². The number of nitrogens with zero attached hydrogens (tertiary/aromatic N) is 3. The van der Waals surface area contributed by atoms with Crippen molar-refractivity contribution in [1.29, 1.82) is 0 Å². The Hall–Kier alpha value is -2.67. The number of hydrogen-bond acceptors (Lipinski definition) is 4. The number of benzene rings is 2. The first-order valence-electron chi connectivity index (χ1n) is 5.51. The molecule has 102 valence electrons. The number of nitro groups is 1. The average Bonchev–Trinajstić information content (AvgIpc) is 2.46. The highest BCUT2D eigenvalue weighted by Crippen LogP contribution is 2.27. The Kier molecular flexibility index (Phi) is 4.11. The molecule has 0 unspecified atom stereocenters. The maximum Gasteiger partial charge on any atom is 0.292 e. The topological polar surface area (TPSA) is 93.6 Å². The van der Waals surface area contributed by atoms with Crippen LogP contribution in [0.4, 0.5) is 17.1 Å². The third-order valence-corrected chi connectivity index (χ3v) is 2.71. The molecular weight excluding hydrogens is 284 g/mol. The van der Waals surface area contributed by atoms with Gasteiger partial charge in [0.05, 0.1) is 16.2 Å². The van der Waals surface area contributed by atoms with Gasteiger partial charge in [0, 0.05) is 0 Å². The lowest BCUT2D eigenvalue weighted by Gasteiger charge is -2.04. The van der Waals surface area contributed by atoms with Crippen molar-refractivity contribution in [2.75, 3.05) is 5.43 Å². The van der Waals surface area contributed by atoms with E-state index in [1.807, 2.05) is 0 Å². The Bertz CT molecular complexity index is 661. The molecule has 0 aliphatic carbocycles. The summed E-state index contributed by atoms with van der Waals surface area (Å²) in [4.78, 5) is 10.5. The SMILES string of the molecule is O=[N+]([O-])c1cc(NN=[N+]([O-])c2ccccc2)ccc1Cl. The van der Waals surface area contributed by atoms with Crippen molar-refractivity contribution in [2.24, 2.45) is 5.22 Å². The largest absolute Gasteiger partial charge is 0.691 e. The van der Waals surface area contributed by atoms with E-state index in [-0.39, 0.29) is 16.4 Å². The summed E-state index contributed by atoms with van der Waals surface area (Å²) < 4.78 is 0. The Morgan fingerprint density at radius 1 is 1.10 bits per heavy atom. The fourth-order valence-corrected chi connectivity index (χ4v) is 1.63. The highest BCUT2D eigenvalue weighted by atomic mass is 35.5. The molecule has 0 fully saturated rings. The summed E-state index contributed by atoms with van der Waals surface area (Å²) in [5, 5.41) is 25.9. The minimum Gasteiger partial charge on any atom is -0.691 e. The molecule has 8 heteroatoms. The average molecular weight is 293 g/mol. The van der Waals surface area contributed by atoms with Gasteiger partial charge in [0.25, 0.3) is 5.69 Å². The summed E-state index contributed by atoms with van der Waals surface area (Å²) in [5.41, 5.74) is 2.81. The quantitative estimate of drug-likeness (QED) is 0.400. The number of nitrogens with one attached hydrogen (secondary N) is 1. The van der Waals surface area contributed by atoms with Crippen LogP contribution >= 0.6 is 11.6 Å². The first kappa shape index (κ1) is 13.8. The third kappa shape index (κ3) is 3.21. The molecule has 0 heterocycles. The van der Waals surface area contributed by atoms with E-state index in [0.717, 1.165) is 0 Å². The van der Waals surface area contributed by atoms with Crippen molar-refractivity contribution < 1.29 is 9.78 Å². The van der Waals surface area contributed by atoms with Crippen LogP contribution in [-0.4, -0.2) is 9.78 Å². The summed E-state index contributed by atoms with van der Waals surface area (Å²) >= 11 is 5.68. The van der Waals surface area contributed by atoms with E-state index in [4.69, 9.17) is 11.6 Å². The van der Waals surface area contributed by atoms with E-state index in [9.17, 15) is 15.3 Å². The molecule has 20 heavy (non-hydrogen) atoms. The van der Waals surface area contributed by atoms with E-state index in [1.54, 1.807) is 30.3 Å². The molecule has 0 aliphatic heterocycles. The first-order chi connectivity index (χ1) is 9.58. The van der Waals surface area contributed by atoms with Gasteiger partial charge in [-0.05, 0) is 24.3 Å². The number of halogens is 1. The maximum atomic E-state index is 11.6.